The minimum absolute atomic E-state index is 0. The van der Waals surface area contributed by atoms with E-state index < -0.39 is 0 Å². The summed E-state index contributed by atoms with van der Waals surface area (Å²) in [5, 5.41) is 0. The van der Waals surface area contributed by atoms with Crippen LogP contribution in [0.2, 0.25) is 0 Å². The zero-order valence-corrected chi connectivity index (χ0v) is 16.5. The molecule has 10 heteroatoms. The second kappa shape index (κ2) is 128. The van der Waals surface area contributed by atoms with Crippen LogP contribution in [0.4, 0.5) is 0 Å². The molecule has 0 atom stereocenters. The van der Waals surface area contributed by atoms with Crippen LogP contribution in [0.1, 0.15) is 41.0 Å². The van der Waals surface area contributed by atoms with Gasteiger partial charge in [0.25, 0.3) is 0 Å². The molecule has 0 aromatic carbocycles. The Labute approximate surface area is 181 Å². The Morgan fingerprint density at radius 2 is 0.571 bits per heavy atom. The van der Waals surface area contributed by atoms with Crippen molar-refractivity contribution in [2.24, 2.45) is 0 Å². The maximum absolute atomic E-state index is 2.18. The van der Waals surface area contributed by atoms with E-state index in [1.165, 1.54) is 12.8 Å². The minimum Gasteiger partial charge on any atom is -1.00 e. The molecule has 0 saturated heterocycles. The van der Waals surface area contributed by atoms with Crippen molar-refractivity contribution < 1.29 is 41.6 Å². The smallest absolute Gasteiger partial charge is 1.00 e. The first-order chi connectivity index (χ1) is 1.91. The summed E-state index contributed by atoms with van der Waals surface area (Å²) in [6.45, 7) is 4.36. The molecule has 0 spiro atoms. The van der Waals surface area contributed by atoms with Crippen LogP contribution in [0.25, 0.3) is 0 Å². The maximum atomic E-state index is 2.18. The zero-order valence-electron chi connectivity index (χ0n) is 19.4. The van der Waals surface area contributed by atoms with Crippen LogP contribution in [-0.2, 0) is 0 Å². The van der Waals surface area contributed by atoms with Crippen LogP contribution in [0, 0.1) is 0 Å². The SMILES string of the molecule is CCCC.O.O.O.O.O.[H-].[H-].[H-].[H-].[H-].[H-].[H-].[H-].[H-].[H-].[Mg+2].[Mg+2].[Mg+2].[Mg+2].[Mg+2]. The van der Waals surface area contributed by atoms with E-state index in [0.717, 1.165) is 0 Å². The van der Waals surface area contributed by atoms with Crippen LogP contribution in [0.15, 0.2) is 0 Å². The molecule has 0 heterocycles. The monoisotopic (exact) mass is 278 g/mol. The third kappa shape index (κ3) is 156. The molecule has 0 amide bonds. The molecule has 86 valence electrons. The molecule has 0 fully saturated rings. The van der Waals surface area contributed by atoms with Gasteiger partial charge in [0, 0.05) is 0 Å². The van der Waals surface area contributed by atoms with Gasteiger partial charge in [-0.15, -0.1) is 0 Å². The molecule has 0 aliphatic rings. The summed E-state index contributed by atoms with van der Waals surface area (Å²) in [4.78, 5) is 0. The predicted octanol–water partition coefficient (Wildman–Crippen LogP) is -3.10. The number of hydrogen-bond donors (Lipinski definition) is 0. The first kappa shape index (κ1) is 111. The molecular formula is C4H30Mg5O5. The summed E-state index contributed by atoms with van der Waals surface area (Å²) in [5.74, 6) is 0. The first-order valence-corrected chi connectivity index (χ1v) is 1.91. The fraction of sp³-hybridized carbons (Fsp3) is 1.00. The quantitative estimate of drug-likeness (QED) is 0.446. The van der Waals surface area contributed by atoms with Crippen molar-refractivity contribution in [3.05, 3.63) is 0 Å². The second-order valence-electron chi connectivity index (χ2n) is 1.000. The Bertz CT molecular complexity index is 47.6. The topological polar surface area (TPSA) is 158 Å². The summed E-state index contributed by atoms with van der Waals surface area (Å²) in [7, 11) is 0. The van der Waals surface area contributed by atoms with Crippen molar-refractivity contribution >= 4 is 115 Å². The number of hydrogen-bond acceptors (Lipinski definition) is 0. The normalized spacial score (nSPS) is 2.14. The molecule has 0 aliphatic heterocycles. The Kier molecular flexibility index (Phi) is 1020. The molecule has 0 aromatic heterocycles. The fourth-order valence-electron chi connectivity index (χ4n) is 0. The van der Waals surface area contributed by atoms with Gasteiger partial charge in [-0.05, 0) is 0 Å². The Hall–Kier alpha value is 3.63. The second-order valence-corrected chi connectivity index (χ2v) is 1.000. The van der Waals surface area contributed by atoms with Crippen LogP contribution < -0.4 is 0 Å². The molecule has 5 nitrogen and oxygen atoms in total. The van der Waals surface area contributed by atoms with E-state index in [0.29, 0.717) is 0 Å². The van der Waals surface area contributed by atoms with Crippen molar-refractivity contribution in [1.82, 2.24) is 0 Å². The van der Waals surface area contributed by atoms with E-state index in [-0.39, 0.29) is 157 Å². The molecule has 0 rings (SSSR count). The van der Waals surface area contributed by atoms with Crippen molar-refractivity contribution in [2.45, 2.75) is 26.7 Å². The van der Waals surface area contributed by atoms with E-state index in [1.54, 1.807) is 0 Å². The first-order valence-electron chi connectivity index (χ1n) is 1.91. The molecule has 0 unspecified atom stereocenters. The van der Waals surface area contributed by atoms with Crippen molar-refractivity contribution in [2.75, 3.05) is 0 Å². The van der Waals surface area contributed by atoms with E-state index >= 15 is 0 Å². The van der Waals surface area contributed by atoms with Gasteiger partial charge >= 0.3 is 115 Å². The van der Waals surface area contributed by atoms with Gasteiger partial charge in [-0.3, -0.25) is 0 Å². The molecule has 0 bridgehead atoms. The Morgan fingerprint density at radius 1 is 0.500 bits per heavy atom. The minimum atomic E-state index is 0. The van der Waals surface area contributed by atoms with E-state index in [9.17, 15) is 0 Å². The largest absolute Gasteiger partial charge is 2.00 e. The fourth-order valence-corrected chi connectivity index (χ4v) is 0. The summed E-state index contributed by atoms with van der Waals surface area (Å²) >= 11 is 0. The summed E-state index contributed by atoms with van der Waals surface area (Å²) in [6, 6.07) is 0. The van der Waals surface area contributed by atoms with Crippen molar-refractivity contribution in [3.8, 4) is 0 Å². The van der Waals surface area contributed by atoms with Crippen LogP contribution >= 0.6 is 0 Å². The van der Waals surface area contributed by atoms with Gasteiger partial charge in [0.2, 0.25) is 0 Å². The van der Waals surface area contributed by atoms with Gasteiger partial charge in [-0.1, -0.05) is 26.7 Å². The van der Waals surface area contributed by atoms with Crippen molar-refractivity contribution in [3.63, 3.8) is 0 Å². The molecule has 14 heavy (non-hydrogen) atoms. The van der Waals surface area contributed by atoms with Crippen LogP contribution in [-0.4, -0.2) is 143 Å². The molecular weight excluding hydrogens is 250 g/mol. The van der Waals surface area contributed by atoms with Crippen LogP contribution in [0.3, 0.4) is 0 Å². The molecule has 0 radical (unpaired) electrons. The molecule has 0 aromatic rings. The maximum Gasteiger partial charge on any atom is 2.00 e. The standard InChI is InChI=1S/C4H10.5Mg.5H2O.10H/c1-3-4-2;;;;;;;;;;;;;;;;;;;;/h3-4H2,1-2H3;;;;;;5*1H2;;;;;;;;;;/q;5*+2;;;;;;10*-1. The van der Waals surface area contributed by atoms with E-state index in [2.05, 4.69) is 13.8 Å². The van der Waals surface area contributed by atoms with Gasteiger partial charge < -0.3 is 41.6 Å². The van der Waals surface area contributed by atoms with Gasteiger partial charge in [-0.2, -0.15) is 0 Å². The summed E-state index contributed by atoms with van der Waals surface area (Å²) in [6.07, 6.45) is 2.64. The average molecular weight is 280 g/mol. The van der Waals surface area contributed by atoms with Gasteiger partial charge in [0.15, 0.2) is 0 Å². The van der Waals surface area contributed by atoms with Crippen LogP contribution in [0.5, 0.6) is 0 Å². The Morgan fingerprint density at radius 3 is 0.571 bits per heavy atom. The third-order valence-corrected chi connectivity index (χ3v) is 0.500. The van der Waals surface area contributed by atoms with Gasteiger partial charge in [0.05, 0.1) is 0 Å². The average Bonchev–Trinajstić information content (AvgIpc) is 1.37. The van der Waals surface area contributed by atoms with E-state index in [1.807, 2.05) is 0 Å². The Balaban J connectivity index is -0.000000000237. The zero-order chi connectivity index (χ0) is 3.41. The molecule has 0 saturated carbocycles. The summed E-state index contributed by atoms with van der Waals surface area (Å²) < 4.78 is 0. The van der Waals surface area contributed by atoms with Gasteiger partial charge in [-0.25, -0.2) is 0 Å². The van der Waals surface area contributed by atoms with E-state index in [4.69, 9.17) is 0 Å². The third-order valence-electron chi connectivity index (χ3n) is 0.500. The number of rotatable bonds is 1. The molecule has 0 aliphatic carbocycles. The number of unbranched alkanes of at least 4 members (excludes halogenated alkanes) is 1. The molecule has 10 N–H and O–H groups in total. The van der Waals surface area contributed by atoms with Crippen molar-refractivity contribution in [1.29, 1.82) is 0 Å². The predicted molar refractivity (Wildman–Crippen MR) is 78.5 cm³/mol. The summed E-state index contributed by atoms with van der Waals surface area (Å²) in [5.41, 5.74) is 0. The van der Waals surface area contributed by atoms with Gasteiger partial charge in [0.1, 0.15) is 0 Å².